The number of aryl methyl sites for hydroxylation is 1. The number of ether oxygens (including phenoxy) is 2. The Morgan fingerprint density at radius 1 is 1.13 bits per heavy atom. The Labute approximate surface area is 137 Å². The molecule has 0 aromatic heterocycles. The van der Waals surface area contributed by atoms with E-state index in [4.69, 9.17) is 9.47 Å². The maximum Gasteiger partial charge on any atom is 0.265 e. The molecule has 0 heterocycles. The van der Waals surface area contributed by atoms with Crippen molar-refractivity contribution in [1.29, 1.82) is 0 Å². The van der Waals surface area contributed by atoms with Crippen LogP contribution >= 0.6 is 0 Å². The van der Waals surface area contributed by atoms with Crippen molar-refractivity contribution in [2.75, 3.05) is 11.9 Å². The lowest BCUT2D eigenvalue weighted by atomic mass is 10.2. The molecule has 2 aromatic rings. The molecule has 4 nitrogen and oxygen atoms in total. The molecule has 2 rings (SSSR count). The van der Waals surface area contributed by atoms with Crippen LogP contribution in [0.25, 0.3) is 0 Å². The Hall–Kier alpha value is -2.49. The summed E-state index contributed by atoms with van der Waals surface area (Å²) in [6, 6.07) is 15.0. The van der Waals surface area contributed by atoms with E-state index in [0.29, 0.717) is 23.8 Å². The van der Waals surface area contributed by atoms with E-state index < -0.39 is 6.10 Å². The SMILES string of the molecule is CCCOc1ccccc1NC(=O)C(C)Oc1ccc(C)cc1. The average Bonchev–Trinajstić information content (AvgIpc) is 2.56. The molecule has 1 atom stereocenters. The number of amides is 1. The van der Waals surface area contributed by atoms with Crippen LogP contribution in [0.15, 0.2) is 48.5 Å². The molecule has 0 aliphatic carbocycles. The van der Waals surface area contributed by atoms with Crippen molar-refractivity contribution in [3.63, 3.8) is 0 Å². The van der Waals surface area contributed by atoms with E-state index in [-0.39, 0.29) is 5.91 Å². The van der Waals surface area contributed by atoms with Crippen molar-refractivity contribution < 1.29 is 14.3 Å². The highest BCUT2D eigenvalue weighted by Crippen LogP contribution is 2.24. The lowest BCUT2D eigenvalue weighted by Gasteiger charge is -2.16. The van der Waals surface area contributed by atoms with Gasteiger partial charge >= 0.3 is 0 Å². The molecule has 1 unspecified atom stereocenters. The standard InChI is InChI=1S/C19H23NO3/c1-4-13-22-18-8-6-5-7-17(18)20-19(21)15(3)23-16-11-9-14(2)10-12-16/h5-12,15H,4,13H2,1-3H3,(H,20,21). The second-order valence-corrected chi connectivity index (χ2v) is 5.41. The van der Waals surface area contributed by atoms with Gasteiger partial charge in [0.1, 0.15) is 11.5 Å². The van der Waals surface area contributed by atoms with Gasteiger partial charge in [0.2, 0.25) is 0 Å². The summed E-state index contributed by atoms with van der Waals surface area (Å²) in [4.78, 5) is 12.3. The highest BCUT2D eigenvalue weighted by molar-refractivity contribution is 5.95. The van der Waals surface area contributed by atoms with E-state index in [0.717, 1.165) is 12.0 Å². The monoisotopic (exact) mass is 313 g/mol. The van der Waals surface area contributed by atoms with E-state index in [2.05, 4.69) is 5.32 Å². The first-order valence-corrected chi connectivity index (χ1v) is 7.86. The summed E-state index contributed by atoms with van der Waals surface area (Å²) in [5.41, 5.74) is 1.81. The fraction of sp³-hybridized carbons (Fsp3) is 0.316. The summed E-state index contributed by atoms with van der Waals surface area (Å²) in [7, 11) is 0. The van der Waals surface area contributed by atoms with E-state index >= 15 is 0 Å². The van der Waals surface area contributed by atoms with Gasteiger partial charge in [-0.3, -0.25) is 4.79 Å². The quantitative estimate of drug-likeness (QED) is 0.833. The predicted molar refractivity (Wildman–Crippen MR) is 92.1 cm³/mol. The van der Waals surface area contributed by atoms with Crippen molar-refractivity contribution in [2.24, 2.45) is 0 Å². The van der Waals surface area contributed by atoms with E-state index in [1.165, 1.54) is 0 Å². The zero-order valence-corrected chi connectivity index (χ0v) is 13.8. The smallest absolute Gasteiger partial charge is 0.265 e. The third-order valence-corrected chi connectivity index (χ3v) is 3.31. The largest absolute Gasteiger partial charge is 0.491 e. The lowest BCUT2D eigenvalue weighted by molar-refractivity contribution is -0.122. The zero-order valence-electron chi connectivity index (χ0n) is 13.8. The van der Waals surface area contributed by atoms with Crippen molar-refractivity contribution in [3.8, 4) is 11.5 Å². The Balaban J connectivity index is 1.99. The summed E-state index contributed by atoms with van der Waals surface area (Å²) < 4.78 is 11.3. The molecule has 0 aliphatic rings. The third kappa shape index (κ3) is 5.02. The van der Waals surface area contributed by atoms with Crippen LogP contribution in [0.5, 0.6) is 11.5 Å². The molecule has 0 saturated carbocycles. The minimum absolute atomic E-state index is 0.210. The van der Waals surface area contributed by atoms with Crippen molar-refractivity contribution in [2.45, 2.75) is 33.3 Å². The summed E-state index contributed by atoms with van der Waals surface area (Å²) in [6.07, 6.45) is 0.312. The van der Waals surface area contributed by atoms with Crippen LogP contribution < -0.4 is 14.8 Å². The van der Waals surface area contributed by atoms with Crippen LogP contribution in [-0.4, -0.2) is 18.6 Å². The Bertz CT molecular complexity index is 637. The minimum Gasteiger partial charge on any atom is -0.491 e. The van der Waals surface area contributed by atoms with Gasteiger partial charge in [0.05, 0.1) is 12.3 Å². The van der Waals surface area contributed by atoms with Crippen LogP contribution in [0.3, 0.4) is 0 Å². The van der Waals surface area contributed by atoms with E-state index in [1.54, 1.807) is 6.92 Å². The summed E-state index contributed by atoms with van der Waals surface area (Å²) in [6.45, 7) is 6.39. The van der Waals surface area contributed by atoms with Crippen molar-refractivity contribution in [3.05, 3.63) is 54.1 Å². The van der Waals surface area contributed by atoms with Crippen LogP contribution in [-0.2, 0) is 4.79 Å². The van der Waals surface area contributed by atoms with E-state index in [1.807, 2.05) is 62.4 Å². The van der Waals surface area contributed by atoms with Gasteiger partial charge < -0.3 is 14.8 Å². The topological polar surface area (TPSA) is 47.6 Å². The Kier molecular flexibility index (Phi) is 6.03. The van der Waals surface area contributed by atoms with Crippen LogP contribution in [0.4, 0.5) is 5.69 Å². The minimum atomic E-state index is -0.600. The Morgan fingerprint density at radius 2 is 1.83 bits per heavy atom. The van der Waals surface area contributed by atoms with E-state index in [9.17, 15) is 4.79 Å². The van der Waals surface area contributed by atoms with Gasteiger partial charge in [-0.2, -0.15) is 0 Å². The van der Waals surface area contributed by atoms with Crippen molar-refractivity contribution >= 4 is 11.6 Å². The molecule has 0 radical (unpaired) electrons. The molecule has 0 spiro atoms. The van der Waals surface area contributed by atoms with Gasteiger partial charge in [-0.1, -0.05) is 36.8 Å². The number of hydrogen-bond acceptors (Lipinski definition) is 3. The number of para-hydroxylation sites is 2. The molecular weight excluding hydrogens is 290 g/mol. The maximum absolute atomic E-state index is 12.3. The third-order valence-electron chi connectivity index (χ3n) is 3.31. The molecule has 0 saturated heterocycles. The summed E-state index contributed by atoms with van der Waals surface area (Å²) in [5.74, 6) is 1.14. The van der Waals surface area contributed by atoms with Gasteiger partial charge in [0.15, 0.2) is 6.10 Å². The maximum atomic E-state index is 12.3. The van der Waals surface area contributed by atoms with Gasteiger partial charge in [0.25, 0.3) is 5.91 Å². The number of nitrogens with one attached hydrogen (secondary N) is 1. The first-order chi connectivity index (χ1) is 11.1. The van der Waals surface area contributed by atoms with Crippen LogP contribution in [0.2, 0.25) is 0 Å². The predicted octanol–water partition coefficient (Wildman–Crippen LogP) is 4.19. The summed E-state index contributed by atoms with van der Waals surface area (Å²) in [5, 5.41) is 2.86. The molecule has 122 valence electrons. The average molecular weight is 313 g/mol. The lowest BCUT2D eigenvalue weighted by Crippen LogP contribution is -2.30. The number of carbonyl (C=O) groups is 1. The zero-order chi connectivity index (χ0) is 16.7. The molecule has 1 N–H and O–H groups in total. The fourth-order valence-electron chi connectivity index (χ4n) is 2.02. The second-order valence-electron chi connectivity index (χ2n) is 5.41. The number of rotatable bonds is 7. The molecule has 0 fully saturated rings. The molecular formula is C19H23NO3. The molecule has 23 heavy (non-hydrogen) atoms. The van der Waals surface area contributed by atoms with Gasteiger partial charge in [-0.15, -0.1) is 0 Å². The van der Waals surface area contributed by atoms with Crippen molar-refractivity contribution in [1.82, 2.24) is 0 Å². The number of anilines is 1. The molecule has 1 amide bonds. The van der Waals surface area contributed by atoms with Crippen LogP contribution in [0, 0.1) is 6.92 Å². The second kappa shape index (κ2) is 8.22. The highest BCUT2D eigenvalue weighted by Gasteiger charge is 2.16. The Morgan fingerprint density at radius 3 is 2.52 bits per heavy atom. The first-order valence-electron chi connectivity index (χ1n) is 7.86. The number of benzene rings is 2. The first kappa shape index (κ1) is 16.9. The highest BCUT2D eigenvalue weighted by atomic mass is 16.5. The number of hydrogen-bond donors (Lipinski definition) is 1. The summed E-state index contributed by atoms with van der Waals surface area (Å²) >= 11 is 0. The van der Waals surface area contributed by atoms with Gasteiger partial charge in [-0.05, 0) is 44.5 Å². The normalized spacial score (nSPS) is 11.6. The van der Waals surface area contributed by atoms with Gasteiger partial charge in [0, 0.05) is 0 Å². The van der Waals surface area contributed by atoms with Gasteiger partial charge in [-0.25, -0.2) is 0 Å². The van der Waals surface area contributed by atoms with Crippen LogP contribution in [0.1, 0.15) is 25.8 Å². The number of carbonyl (C=O) groups excluding carboxylic acids is 1. The fourth-order valence-corrected chi connectivity index (χ4v) is 2.02. The molecule has 2 aromatic carbocycles. The molecule has 0 bridgehead atoms. The molecule has 4 heteroatoms. The molecule has 0 aliphatic heterocycles.